The maximum Gasteiger partial charge on any atom is 0.131 e. The molecule has 1 unspecified atom stereocenters. The lowest BCUT2D eigenvalue weighted by Crippen LogP contribution is -2.29. The summed E-state index contributed by atoms with van der Waals surface area (Å²) >= 11 is 0. The topological polar surface area (TPSA) is 50.9 Å². The lowest BCUT2D eigenvalue weighted by molar-refractivity contribution is 0.541. The fourth-order valence-electron chi connectivity index (χ4n) is 1.84. The van der Waals surface area contributed by atoms with Crippen LogP contribution in [0.1, 0.15) is 22.7 Å². The van der Waals surface area contributed by atoms with Crippen molar-refractivity contribution in [2.75, 3.05) is 0 Å². The van der Waals surface area contributed by atoms with E-state index in [9.17, 15) is 8.78 Å². The summed E-state index contributed by atoms with van der Waals surface area (Å²) in [6.07, 6.45) is 3.29. The van der Waals surface area contributed by atoms with Crippen molar-refractivity contribution < 1.29 is 8.78 Å². The fraction of sp³-hybridized carbons (Fsp3) is 0.154. The molecule has 1 aromatic heterocycles. The number of nitrogens with zero attached hydrogens (tertiary/aromatic N) is 1. The van der Waals surface area contributed by atoms with E-state index in [0.717, 1.165) is 17.2 Å². The third-order valence-corrected chi connectivity index (χ3v) is 2.67. The Morgan fingerprint density at radius 2 is 2.00 bits per heavy atom. The molecule has 5 heteroatoms. The Labute approximate surface area is 104 Å². The van der Waals surface area contributed by atoms with Gasteiger partial charge in [-0.3, -0.25) is 10.8 Å². The van der Waals surface area contributed by atoms with E-state index in [1.807, 2.05) is 13.0 Å². The predicted octanol–water partition coefficient (Wildman–Crippen LogP) is 2.22. The Bertz CT molecular complexity index is 558. The predicted molar refractivity (Wildman–Crippen MR) is 64.5 cm³/mol. The first-order valence-electron chi connectivity index (χ1n) is 5.44. The van der Waals surface area contributed by atoms with Crippen LogP contribution < -0.4 is 11.3 Å². The van der Waals surface area contributed by atoms with Gasteiger partial charge in [0.25, 0.3) is 0 Å². The standard InChI is InChI=1S/C13H13F2N3/c1-8-4-9(7-17-6-8)13(18-16)11-3-2-10(14)5-12(11)15/h2-7,13,18H,16H2,1H3. The Hall–Kier alpha value is -1.85. The van der Waals surface area contributed by atoms with Crippen LogP contribution in [0, 0.1) is 18.6 Å². The average Bonchev–Trinajstić information content (AvgIpc) is 2.33. The smallest absolute Gasteiger partial charge is 0.131 e. The first-order chi connectivity index (χ1) is 8.61. The minimum absolute atomic E-state index is 0.284. The minimum atomic E-state index is -0.639. The Morgan fingerprint density at radius 1 is 1.22 bits per heavy atom. The third kappa shape index (κ3) is 2.52. The SMILES string of the molecule is Cc1cncc(C(NN)c2ccc(F)cc2F)c1. The molecule has 0 aliphatic rings. The largest absolute Gasteiger partial charge is 0.271 e. The molecule has 0 saturated carbocycles. The first kappa shape index (κ1) is 12.6. The number of hydrazine groups is 1. The van der Waals surface area contributed by atoms with Crippen LogP contribution >= 0.6 is 0 Å². The molecule has 0 bridgehead atoms. The lowest BCUT2D eigenvalue weighted by Gasteiger charge is -2.17. The van der Waals surface area contributed by atoms with Gasteiger partial charge in [-0.2, -0.15) is 0 Å². The van der Waals surface area contributed by atoms with E-state index in [-0.39, 0.29) is 5.56 Å². The van der Waals surface area contributed by atoms with Crippen molar-refractivity contribution in [1.82, 2.24) is 10.4 Å². The van der Waals surface area contributed by atoms with E-state index in [4.69, 9.17) is 5.84 Å². The van der Waals surface area contributed by atoms with Gasteiger partial charge in [0, 0.05) is 24.0 Å². The lowest BCUT2D eigenvalue weighted by atomic mass is 9.99. The van der Waals surface area contributed by atoms with Crippen molar-refractivity contribution in [2.45, 2.75) is 13.0 Å². The van der Waals surface area contributed by atoms with Crippen molar-refractivity contribution in [3.8, 4) is 0 Å². The maximum atomic E-state index is 13.7. The summed E-state index contributed by atoms with van der Waals surface area (Å²) < 4.78 is 26.6. The molecule has 0 aliphatic carbocycles. The first-order valence-corrected chi connectivity index (χ1v) is 5.44. The summed E-state index contributed by atoms with van der Waals surface area (Å²) in [6, 6.07) is 4.70. The van der Waals surface area contributed by atoms with Crippen molar-refractivity contribution in [2.24, 2.45) is 5.84 Å². The average molecular weight is 249 g/mol. The van der Waals surface area contributed by atoms with Gasteiger partial charge in [0.15, 0.2) is 0 Å². The highest BCUT2D eigenvalue weighted by Crippen LogP contribution is 2.24. The van der Waals surface area contributed by atoms with Crippen molar-refractivity contribution >= 4 is 0 Å². The number of aryl methyl sites for hydroxylation is 1. The quantitative estimate of drug-likeness (QED) is 0.647. The zero-order valence-electron chi connectivity index (χ0n) is 9.82. The second-order valence-corrected chi connectivity index (χ2v) is 4.06. The summed E-state index contributed by atoms with van der Waals surface area (Å²) in [5.74, 6) is 4.20. The maximum absolute atomic E-state index is 13.7. The molecule has 18 heavy (non-hydrogen) atoms. The van der Waals surface area contributed by atoms with E-state index in [2.05, 4.69) is 10.4 Å². The number of nitrogens with one attached hydrogen (secondary N) is 1. The number of rotatable bonds is 3. The Kier molecular flexibility index (Phi) is 3.64. The van der Waals surface area contributed by atoms with Crippen LogP contribution in [0.15, 0.2) is 36.7 Å². The van der Waals surface area contributed by atoms with Gasteiger partial charge in [-0.15, -0.1) is 0 Å². The normalized spacial score (nSPS) is 12.4. The molecule has 0 radical (unpaired) electrons. The second-order valence-electron chi connectivity index (χ2n) is 4.06. The van der Waals surface area contributed by atoms with Gasteiger partial charge in [-0.25, -0.2) is 14.2 Å². The molecule has 0 amide bonds. The molecule has 0 fully saturated rings. The van der Waals surface area contributed by atoms with E-state index in [1.54, 1.807) is 12.4 Å². The van der Waals surface area contributed by atoms with Gasteiger partial charge in [0.1, 0.15) is 11.6 Å². The number of aromatic nitrogens is 1. The van der Waals surface area contributed by atoms with E-state index >= 15 is 0 Å². The van der Waals surface area contributed by atoms with Crippen LogP contribution in [-0.4, -0.2) is 4.98 Å². The number of hydrogen-bond donors (Lipinski definition) is 2. The van der Waals surface area contributed by atoms with E-state index in [0.29, 0.717) is 0 Å². The Morgan fingerprint density at radius 3 is 2.61 bits per heavy atom. The molecule has 2 rings (SSSR count). The molecule has 3 nitrogen and oxygen atoms in total. The molecule has 0 aliphatic heterocycles. The summed E-state index contributed by atoms with van der Waals surface area (Å²) in [5, 5.41) is 0. The molecule has 3 N–H and O–H groups in total. The number of benzene rings is 1. The summed E-state index contributed by atoms with van der Waals surface area (Å²) in [7, 11) is 0. The highest BCUT2D eigenvalue weighted by atomic mass is 19.1. The number of nitrogens with two attached hydrogens (primary N) is 1. The van der Waals surface area contributed by atoms with Crippen molar-refractivity contribution in [3.63, 3.8) is 0 Å². The number of hydrogen-bond acceptors (Lipinski definition) is 3. The monoisotopic (exact) mass is 249 g/mol. The van der Waals surface area contributed by atoms with Gasteiger partial charge >= 0.3 is 0 Å². The molecule has 1 aromatic carbocycles. The van der Waals surface area contributed by atoms with Crippen LogP contribution in [-0.2, 0) is 0 Å². The van der Waals surface area contributed by atoms with Crippen molar-refractivity contribution in [3.05, 3.63) is 65.0 Å². The molecular formula is C13H13F2N3. The van der Waals surface area contributed by atoms with Crippen LogP contribution in [0.25, 0.3) is 0 Å². The van der Waals surface area contributed by atoms with Crippen LogP contribution in [0.4, 0.5) is 8.78 Å². The zero-order valence-corrected chi connectivity index (χ0v) is 9.82. The molecule has 1 heterocycles. The summed E-state index contributed by atoms with van der Waals surface area (Å²) in [5.41, 5.74) is 4.47. The van der Waals surface area contributed by atoms with E-state index < -0.39 is 17.7 Å². The molecule has 1 atom stereocenters. The van der Waals surface area contributed by atoms with Crippen LogP contribution in [0.5, 0.6) is 0 Å². The summed E-state index contributed by atoms with van der Waals surface area (Å²) in [6.45, 7) is 1.88. The highest BCUT2D eigenvalue weighted by molar-refractivity contribution is 5.32. The Balaban J connectivity index is 2.45. The van der Waals surface area contributed by atoms with Gasteiger partial charge in [-0.05, 0) is 24.1 Å². The van der Waals surface area contributed by atoms with E-state index in [1.165, 1.54) is 12.1 Å². The van der Waals surface area contributed by atoms with Gasteiger partial charge in [0.05, 0.1) is 6.04 Å². The fourth-order valence-corrected chi connectivity index (χ4v) is 1.84. The molecule has 0 spiro atoms. The van der Waals surface area contributed by atoms with Crippen LogP contribution in [0.2, 0.25) is 0 Å². The van der Waals surface area contributed by atoms with Gasteiger partial charge in [-0.1, -0.05) is 12.1 Å². The molecular weight excluding hydrogens is 236 g/mol. The van der Waals surface area contributed by atoms with Crippen molar-refractivity contribution in [1.29, 1.82) is 0 Å². The third-order valence-electron chi connectivity index (χ3n) is 2.67. The van der Waals surface area contributed by atoms with Crippen LogP contribution in [0.3, 0.4) is 0 Å². The molecule has 2 aromatic rings. The van der Waals surface area contributed by atoms with Gasteiger partial charge in [0.2, 0.25) is 0 Å². The number of pyridine rings is 1. The second kappa shape index (κ2) is 5.20. The summed E-state index contributed by atoms with van der Waals surface area (Å²) in [4.78, 5) is 4.03. The zero-order chi connectivity index (χ0) is 13.1. The minimum Gasteiger partial charge on any atom is -0.271 e. The number of halogens is 2. The van der Waals surface area contributed by atoms with Gasteiger partial charge < -0.3 is 0 Å². The molecule has 0 saturated heterocycles. The highest BCUT2D eigenvalue weighted by Gasteiger charge is 2.17. The molecule has 94 valence electrons.